The van der Waals surface area contributed by atoms with Crippen LogP contribution in [0.25, 0.3) is 0 Å². The Bertz CT molecular complexity index is 887. The Morgan fingerprint density at radius 3 is 2.28 bits per heavy atom. The predicted molar refractivity (Wildman–Crippen MR) is 109 cm³/mol. The molecule has 0 unspecified atom stereocenters. The van der Waals surface area contributed by atoms with E-state index in [-0.39, 0.29) is 18.3 Å². The highest BCUT2D eigenvalue weighted by Crippen LogP contribution is 2.27. The zero-order chi connectivity index (χ0) is 20.8. The molecular weight excluding hydrogens is 372 g/mol. The van der Waals surface area contributed by atoms with Gasteiger partial charge in [-0.05, 0) is 49.4 Å². The predicted octanol–water partition coefficient (Wildman–Crippen LogP) is 2.44. The molecule has 1 heterocycles. The van der Waals surface area contributed by atoms with Gasteiger partial charge in [0.2, 0.25) is 0 Å². The molecule has 1 fully saturated rings. The van der Waals surface area contributed by atoms with Gasteiger partial charge in [-0.15, -0.1) is 0 Å². The van der Waals surface area contributed by atoms with E-state index in [1.54, 1.807) is 30.0 Å². The summed E-state index contributed by atoms with van der Waals surface area (Å²) >= 11 is 0. The number of aldehydes is 1. The first kappa shape index (κ1) is 20.4. The summed E-state index contributed by atoms with van der Waals surface area (Å²) in [4.78, 5) is 38.7. The van der Waals surface area contributed by atoms with E-state index in [2.05, 4.69) is 4.90 Å². The Balaban J connectivity index is 1.52. The van der Waals surface area contributed by atoms with Crippen LogP contribution in [0.1, 0.15) is 27.6 Å². The third-order valence-corrected chi connectivity index (χ3v) is 4.95. The lowest BCUT2D eigenvalue weighted by Crippen LogP contribution is -2.50. The second-order valence-corrected chi connectivity index (χ2v) is 6.79. The van der Waals surface area contributed by atoms with Crippen molar-refractivity contribution in [2.45, 2.75) is 6.92 Å². The quantitative estimate of drug-likeness (QED) is 0.529. The summed E-state index contributed by atoms with van der Waals surface area (Å²) in [7, 11) is 1.49. The van der Waals surface area contributed by atoms with Crippen LogP contribution in [0.3, 0.4) is 0 Å². The first-order chi connectivity index (χ1) is 14.0. The van der Waals surface area contributed by atoms with Crippen molar-refractivity contribution in [2.75, 3.05) is 44.8 Å². The van der Waals surface area contributed by atoms with Crippen LogP contribution in [0.5, 0.6) is 11.5 Å². The lowest BCUT2D eigenvalue weighted by Gasteiger charge is -2.36. The third-order valence-electron chi connectivity index (χ3n) is 4.95. The van der Waals surface area contributed by atoms with Crippen molar-refractivity contribution in [2.24, 2.45) is 0 Å². The van der Waals surface area contributed by atoms with E-state index in [0.717, 1.165) is 12.0 Å². The highest BCUT2D eigenvalue weighted by Gasteiger charge is 2.22. The average Bonchev–Trinajstić information content (AvgIpc) is 2.77. The smallest absolute Gasteiger partial charge is 0.260 e. The fourth-order valence-corrected chi connectivity index (χ4v) is 3.23. The first-order valence-electron chi connectivity index (χ1n) is 9.41. The van der Waals surface area contributed by atoms with Gasteiger partial charge in [0, 0.05) is 43.0 Å². The van der Waals surface area contributed by atoms with Crippen LogP contribution in [0, 0.1) is 0 Å². The molecule has 3 rings (SSSR count). The van der Waals surface area contributed by atoms with Crippen molar-refractivity contribution < 1.29 is 23.9 Å². The normalized spacial score (nSPS) is 13.7. The van der Waals surface area contributed by atoms with Crippen LogP contribution in [0.15, 0.2) is 42.5 Å². The largest absolute Gasteiger partial charge is 0.493 e. The number of hydrogen-bond acceptors (Lipinski definition) is 6. The number of ether oxygens (including phenoxy) is 2. The number of piperazine rings is 1. The molecule has 1 saturated heterocycles. The van der Waals surface area contributed by atoms with Gasteiger partial charge in [-0.25, -0.2) is 0 Å². The molecule has 0 aliphatic carbocycles. The van der Waals surface area contributed by atoms with E-state index in [1.165, 1.54) is 7.11 Å². The number of ketones is 1. The molecule has 0 N–H and O–H groups in total. The second-order valence-electron chi connectivity index (χ2n) is 6.79. The summed E-state index contributed by atoms with van der Waals surface area (Å²) in [6.45, 7) is 4.07. The number of nitrogens with zero attached hydrogens (tertiary/aromatic N) is 2. The van der Waals surface area contributed by atoms with Gasteiger partial charge in [-0.1, -0.05) is 0 Å². The molecule has 0 radical (unpaired) electrons. The number of carbonyl (C=O) groups excluding carboxylic acids is 3. The van der Waals surface area contributed by atoms with Gasteiger partial charge in [0.25, 0.3) is 5.91 Å². The number of methoxy groups -OCH3 is 1. The summed E-state index contributed by atoms with van der Waals surface area (Å²) in [5.74, 6) is 0.791. The Morgan fingerprint density at radius 2 is 1.69 bits per heavy atom. The molecule has 7 heteroatoms. The summed E-state index contributed by atoms with van der Waals surface area (Å²) in [5, 5.41) is 0. The fourth-order valence-electron chi connectivity index (χ4n) is 3.23. The molecule has 1 amide bonds. The van der Waals surface area contributed by atoms with E-state index in [0.29, 0.717) is 48.8 Å². The minimum absolute atomic E-state index is 0.0457. The highest BCUT2D eigenvalue weighted by molar-refractivity contribution is 5.94. The standard InChI is InChI=1S/C22H24N2O5/c1-16(26)18-4-6-19(7-5-18)23-9-11-24(12-10-23)22(27)15-29-20-8-3-17(14-25)13-21(20)28-2/h3-8,13-14H,9-12,15H2,1-2H3. The monoisotopic (exact) mass is 396 g/mol. The molecule has 0 spiro atoms. The van der Waals surface area contributed by atoms with Crippen LogP contribution in [0.4, 0.5) is 5.69 Å². The topological polar surface area (TPSA) is 76.2 Å². The van der Waals surface area contributed by atoms with Crippen molar-refractivity contribution in [1.29, 1.82) is 0 Å². The maximum atomic E-state index is 12.5. The molecule has 0 aromatic heterocycles. The summed E-state index contributed by atoms with van der Waals surface area (Å²) in [5.41, 5.74) is 2.21. The van der Waals surface area contributed by atoms with Crippen LogP contribution in [-0.4, -0.2) is 62.8 Å². The Kier molecular flexibility index (Phi) is 6.49. The number of amides is 1. The molecule has 0 atom stereocenters. The SMILES string of the molecule is COc1cc(C=O)ccc1OCC(=O)N1CCN(c2ccc(C(C)=O)cc2)CC1. The Hall–Kier alpha value is -3.35. The number of hydrogen-bond donors (Lipinski definition) is 0. The average molecular weight is 396 g/mol. The molecule has 0 bridgehead atoms. The van der Waals surface area contributed by atoms with Crippen LogP contribution < -0.4 is 14.4 Å². The Labute approximate surface area is 169 Å². The minimum Gasteiger partial charge on any atom is -0.493 e. The van der Waals surface area contributed by atoms with Crippen molar-refractivity contribution in [3.05, 3.63) is 53.6 Å². The third kappa shape index (κ3) is 4.93. The molecule has 1 aliphatic heterocycles. The number of rotatable bonds is 7. The lowest BCUT2D eigenvalue weighted by molar-refractivity contribution is -0.133. The minimum atomic E-state index is -0.0990. The highest BCUT2D eigenvalue weighted by atomic mass is 16.5. The van der Waals surface area contributed by atoms with Gasteiger partial charge in [0.15, 0.2) is 23.9 Å². The molecule has 0 saturated carbocycles. The molecule has 7 nitrogen and oxygen atoms in total. The van der Waals surface area contributed by atoms with Crippen LogP contribution in [-0.2, 0) is 4.79 Å². The zero-order valence-corrected chi connectivity index (χ0v) is 16.6. The van der Waals surface area contributed by atoms with Gasteiger partial charge in [0.05, 0.1) is 7.11 Å². The van der Waals surface area contributed by atoms with E-state index >= 15 is 0 Å². The molecule has 29 heavy (non-hydrogen) atoms. The molecule has 2 aromatic carbocycles. The van der Waals surface area contributed by atoms with E-state index in [4.69, 9.17) is 9.47 Å². The Morgan fingerprint density at radius 1 is 1.00 bits per heavy atom. The van der Waals surface area contributed by atoms with E-state index < -0.39 is 0 Å². The fraction of sp³-hybridized carbons (Fsp3) is 0.318. The zero-order valence-electron chi connectivity index (χ0n) is 16.6. The number of Topliss-reactive ketones (excluding diaryl/α,β-unsaturated/α-hetero) is 1. The van der Waals surface area contributed by atoms with Crippen molar-refractivity contribution in [1.82, 2.24) is 4.90 Å². The van der Waals surface area contributed by atoms with E-state index in [9.17, 15) is 14.4 Å². The maximum absolute atomic E-state index is 12.5. The van der Waals surface area contributed by atoms with Gasteiger partial charge < -0.3 is 19.3 Å². The van der Waals surface area contributed by atoms with Gasteiger partial charge >= 0.3 is 0 Å². The van der Waals surface area contributed by atoms with Gasteiger partial charge in [-0.3, -0.25) is 14.4 Å². The van der Waals surface area contributed by atoms with Gasteiger partial charge in [-0.2, -0.15) is 0 Å². The molecule has 2 aromatic rings. The van der Waals surface area contributed by atoms with Crippen molar-refractivity contribution >= 4 is 23.7 Å². The maximum Gasteiger partial charge on any atom is 0.260 e. The number of benzene rings is 2. The van der Waals surface area contributed by atoms with Crippen LogP contribution >= 0.6 is 0 Å². The molecule has 1 aliphatic rings. The summed E-state index contributed by atoms with van der Waals surface area (Å²) in [6, 6.07) is 12.3. The summed E-state index contributed by atoms with van der Waals surface area (Å²) in [6.07, 6.45) is 0.727. The lowest BCUT2D eigenvalue weighted by atomic mass is 10.1. The second kappa shape index (κ2) is 9.23. The van der Waals surface area contributed by atoms with E-state index in [1.807, 2.05) is 24.3 Å². The van der Waals surface area contributed by atoms with Gasteiger partial charge in [0.1, 0.15) is 6.29 Å². The first-order valence-corrected chi connectivity index (χ1v) is 9.41. The summed E-state index contributed by atoms with van der Waals surface area (Å²) < 4.78 is 10.8. The van der Waals surface area contributed by atoms with Crippen molar-refractivity contribution in [3.8, 4) is 11.5 Å². The van der Waals surface area contributed by atoms with Crippen molar-refractivity contribution in [3.63, 3.8) is 0 Å². The number of anilines is 1. The number of carbonyl (C=O) groups is 3. The molecule has 152 valence electrons. The van der Waals surface area contributed by atoms with Crippen LogP contribution in [0.2, 0.25) is 0 Å². The molecular formula is C22H24N2O5.